The summed E-state index contributed by atoms with van der Waals surface area (Å²) in [6, 6.07) is 21.7. The van der Waals surface area contributed by atoms with Crippen molar-refractivity contribution >= 4 is 50.4 Å². The number of anilines is 1. The zero-order valence-electron chi connectivity index (χ0n) is 24.0. The predicted molar refractivity (Wildman–Crippen MR) is 169 cm³/mol. The number of hydrogen-bond donors (Lipinski definition) is 0. The number of para-hydroxylation sites is 1. The molecule has 4 aromatic rings. The molecule has 8 nitrogen and oxygen atoms in total. The first-order valence-electron chi connectivity index (χ1n) is 13.7. The van der Waals surface area contributed by atoms with E-state index in [9.17, 15) is 14.4 Å². The molecule has 0 unspecified atom stereocenters. The summed E-state index contributed by atoms with van der Waals surface area (Å²) in [5.41, 5.74) is 3.54. The molecule has 1 aromatic heterocycles. The topological polar surface area (TPSA) is 90.2 Å². The highest BCUT2D eigenvalue weighted by Gasteiger charge is 2.38. The smallest absolute Gasteiger partial charge is 0.338 e. The lowest BCUT2D eigenvalue weighted by Gasteiger charge is -2.26. The molecule has 0 N–H and O–H groups in total. The van der Waals surface area contributed by atoms with Gasteiger partial charge in [-0.3, -0.25) is 14.2 Å². The van der Waals surface area contributed by atoms with Crippen molar-refractivity contribution in [3.63, 3.8) is 0 Å². The highest BCUT2D eigenvalue weighted by Crippen LogP contribution is 2.39. The van der Waals surface area contributed by atoms with Crippen LogP contribution < -0.4 is 24.5 Å². The number of amides is 1. The van der Waals surface area contributed by atoms with Crippen LogP contribution >= 0.6 is 27.3 Å². The molecule has 3 aromatic carbocycles. The van der Waals surface area contributed by atoms with Gasteiger partial charge in [0.15, 0.2) is 4.80 Å². The van der Waals surface area contributed by atoms with Crippen molar-refractivity contribution in [2.45, 2.75) is 39.5 Å². The van der Waals surface area contributed by atoms with Gasteiger partial charge in [-0.1, -0.05) is 75.8 Å². The van der Waals surface area contributed by atoms with Crippen molar-refractivity contribution in [2.75, 3.05) is 12.0 Å². The number of thiazole rings is 1. The highest BCUT2D eigenvalue weighted by molar-refractivity contribution is 9.10. The average molecular weight is 659 g/mol. The van der Waals surface area contributed by atoms with Gasteiger partial charge in [-0.2, -0.15) is 0 Å². The van der Waals surface area contributed by atoms with Crippen LogP contribution in [-0.2, 0) is 20.9 Å². The fourth-order valence-electron chi connectivity index (χ4n) is 5.55. The van der Waals surface area contributed by atoms with E-state index in [1.54, 1.807) is 31.7 Å². The number of ether oxygens (including phenoxy) is 2. The molecule has 0 saturated carbocycles. The quantitative estimate of drug-likeness (QED) is 0.276. The summed E-state index contributed by atoms with van der Waals surface area (Å²) < 4.78 is 13.8. The first kappa shape index (κ1) is 28.8. The molecule has 2 aliphatic rings. The summed E-state index contributed by atoms with van der Waals surface area (Å²) in [4.78, 5) is 48.9. The van der Waals surface area contributed by atoms with Crippen LogP contribution in [0, 0.1) is 0 Å². The number of allylic oxidation sites excluding steroid dienone is 1. The van der Waals surface area contributed by atoms with Crippen molar-refractivity contribution in [3.05, 3.63) is 125 Å². The molecule has 0 aliphatic carbocycles. The fraction of sp³-hybridized carbons (Fsp3) is 0.212. The van der Waals surface area contributed by atoms with Gasteiger partial charge in [0.1, 0.15) is 16.3 Å². The number of carbonyl (C=O) groups is 2. The lowest BCUT2D eigenvalue weighted by molar-refractivity contribution is -0.143. The van der Waals surface area contributed by atoms with Crippen LogP contribution in [0.15, 0.2) is 98.3 Å². The molecule has 1 amide bonds. The Labute approximate surface area is 260 Å². The molecule has 2 aliphatic heterocycles. The molecule has 218 valence electrons. The first-order chi connectivity index (χ1) is 20.7. The Morgan fingerprint density at radius 3 is 2.49 bits per heavy atom. The van der Waals surface area contributed by atoms with Gasteiger partial charge >= 0.3 is 5.97 Å². The number of benzene rings is 3. The number of carbonyl (C=O) groups excluding carboxylic acids is 2. The Hall–Kier alpha value is -4.28. The van der Waals surface area contributed by atoms with E-state index in [2.05, 4.69) is 15.9 Å². The molecule has 0 saturated heterocycles. The summed E-state index contributed by atoms with van der Waals surface area (Å²) >= 11 is 4.67. The molecule has 0 radical (unpaired) electrons. The van der Waals surface area contributed by atoms with E-state index in [4.69, 9.17) is 14.5 Å². The van der Waals surface area contributed by atoms with Crippen LogP contribution in [-0.4, -0.2) is 29.7 Å². The Bertz CT molecular complexity index is 1990. The summed E-state index contributed by atoms with van der Waals surface area (Å²) in [6.07, 6.45) is -0.382. The van der Waals surface area contributed by atoms with E-state index >= 15 is 0 Å². The summed E-state index contributed by atoms with van der Waals surface area (Å²) in [5, 5.41) is 0. The van der Waals surface area contributed by atoms with Crippen LogP contribution in [0.1, 0.15) is 43.5 Å². The summed E-state index contributed by atoms with van der Waals surface area (Å²) in [5.74, 6) is -0.341. The van der Waals surface area contributed by atoms with Gasteiger partial charge in [0.25, 0.3) is 11.5 Å². The van der Waals surface area contributed by atoms with E-state index in [0.717, 1.165) is 27.1 Å². The van der Waals surface area contributed by atoms with Crippen LogP contribution in [0.4, 0.5) is 5.69 Å². The van der Waals surface area contributed by atoms with Crippen molar-refractivity contribution in [1.82, 2.24) is 4.57 Å². The third kappa shape index (κ3) is 5.04. The zero-order chi connectivity index (χ0) is 30.4. The minimum Gasteiger partial charge on any atom is -0.496 e. The average Bonchev–Trinajstić information content (AvgIpc) is 3.44. The maximum atomic E-state index is 14.5. The standard InChI is InChI=1S/C33H28BrN3O5S/c1-18(2)42-32(40)26-19(3)35-33-37(28(26)23-16-21(34)14-15-25(23)41-4)31(39)29(43-33)27-22-12-8-9-13-24(22)36(30(27)38)17-20-10-6-5-7-11-20/h5-16,18,28H,17H2,1-4H3/b29-27+/t28-/m0/s1. The second-order valence-corrected chi connectivity index (χ2v) is 12.4. The number of halogens is 1. The van der Waals surface area contributed by atoms with Gasteiger partial charge < -0.3 is 14.4 Å². The van der Waals surface area contributed by atoms with Gasteiger partial charge in [0, 0.05) is 15.6 Å². The second kappa shape index (κ2) is 11.4. The van der Waals surface area contributed by atoms with E-state index in [-0.39, 0.29) is 22.1 Å². The third-order valence-electron chi connectivity index (χ3n) is 7.38. The third-order valence-corrected chi connectivity index (χ3v) is 8.93. The minimum atomic E-state index is -0.892. The SMILES string of the molecule is COc1ccc(Br)cc1[C@H]1C(C(=O)OC(C)C)=C(C)N=c2s/c(=C3/C(=O)N(Cc4ccccc4)c4ccccc43)c(=O)n21. The molecular weight excluding hydrogens is 630 g/mol. The largest absolute Gasteiger partial charge is 0.496 e. The lowest BCUT2D eigenvalue weighted by atomic mass is 9.95. The normalized spacial score (nSPS) is 17.1. The predicted octanol–water partition coefficient (Wildman–Crippen LogP) is 4.87. The van der Waals surface area contributed by atoms with Crippen molar-refractivity contribution in [1.29, 1.82) is 0 Å². The van der Waals surface area contributed by atoms with Crippen LogP contribution in [0.3, 0.4) is 0 Å². The number of nitrogens with zero attached hydrogens (tertiary/aromatic N) is 3. The Morgan fingerprint density at radius 2 is 1.77 bits per heavy atom. The van der Waals surface area contributed by atoms with Crippen LogP contribution in [0.5, 0.6) is 5.75 Å². The minimum absolute atomic E-state index is 0.234. The maximum absolute atomic E-state index is 14.5. The van der Waals surface area contributed by atoms with Crippen LogP contribution in [0.25, 0.3) is 5.57 Å². The molecule has 6 rings (SSSR count). The fourth-order valence-corrected chi connectivity index (χ4v) is 7.06. The molecule has 0 fully saturated rings. The maximum Gasteiger partial charge on any atom is 0.338 e. The molecule has 0 bridgehead atoms. The van der Waals surface area contributed by atoms with E-state index in [0.29, 0.717) is 39.5 Å². The van der Waals surface area contributed by atoms with Gasteiger partial charge in [-0.15, -0.1) is 0 Å². The Kier molecular flexibility index (Phi) is 7.66. The number of rotatable bonds is 6. The number of hydrogen-bond acceptors (Lipinski definition) is 7. The molecule has 10 heteroatoms. The van der Waals surface area contributed by atoms with E-state index < -0.39 is 17.6 Å². The van der Waals surface area contributed by atoms with Gasteiger partial charge in [0.2, 0.25) is 0 Å². The van der Waals surface area contributed by atoms with Gasteiger partial charge in [0.05, 0.1) is 42.3 Å². The second-order valence-electron chi connectivity index (χ2n) is 10.5. The molecular formula is C33H28BrN3O5S. The number of methoxy groups -OCH3 is 1. The van der Waals surface area contributed by atoms with Crippen LogP contribution in [0.2, 0.25) is 0 Å². The Morgan fingerprint density at radius 1 is 1.05 bits per heavy atom. The number of fused-ring (bicyclic) bond motifs is 2. The zero-order valence-corrected chi connectivity index (χ0v) is 26.4. The van der Waals surface area contributed by atoms with E-state index in [1.807, 2.05) is 66.7 Å². The van der Waals surface area contributed by atoms with Gasteiger partial charge in [-0.05, 0) is 50.6 Å². The number of aromatic nitrogens is 1. The van der Waals surface area contributed by atoms with E-state index in [1.165, 1.54) is 11.7 Å². The van der Waals surface area contributed by atoms with Crippen molar-refractivity contribution < 1.29 is 19.1 Å². The summed E-state index contributed by atoms with van der Waals surface area (Å²) in [6.45, 7) is 5.63. The first-order valence-corrected chi connectivity index (χ1v) is 15.3. The number of esters is 1. The summed E-state index contributed by atoms with van der Waals surface area (Å²) in [7, 11) is 1.54. The lowest BCUT2D eigenvalue weighted by Crippen LogP contribution is -2.41. The molecule has 0 spiro atoms. The highest BCUT2D eigenvalue weighted by atomic mass is 79.9. The van der Waals surface area contributed by atoms with Crippen molar-refractivity contribution in [2.24, 2.45) is 4.99 Å². The molecule has 43 heavy (non-hydrogen) atoms. The monoisotopic (exact) mass is 657 g/mol. The molecule has 3 heterocycles. The van der Waals surface area contributed by atoms with Gasteiger partial charge in [-0.25, -0.2) is 9.79 Å². The van der Waals surface area contributed by atoms with Crippen molar-refractivity contribution in [3.8, 4) is 5.75 Å². The molecule has 1 atom stereocenters. The Balaban J connectivity index is 1.61.